The van der Waals surface area contributed by atoms with Gasteiger partial charge in [-0.3, -0.25) is 4.79 Å². The fourth-order valence-electron chi connectivity index (χ4n) is 2.18. The number of nitrogens with one attached hydrogen (secondary N) is 2. The molecule has 2 N–H and O–H groups in total. The van der Waals surface area contributed by atoms with E-state index >= 15 is 0 Å². The number of aldehydes is 1. The highest BCUT2D eigenvalue weighted by Crippen LogP contribution is 2.23. The molecule has 0 unspecified atom stereocenters. The van der Waals surface area contributed by atoms with E-state index in [0.29, 0.717) is 28.1 Å². The number of carbonyl (C=O) groups excluding carboxylic acids is 1. The van der Waals surface area contributed by atoms with Crippen LogP contribution in [0, 0.1) is 0 Å². The van der Waals surface area contributed by atoms with Gasteiger partial charge in [-0.1, -0.05) is 11.6 Å². The fraction of sp³-hybridized carbons (Fsp3) is 0.0588. The summed E-state index contributed by atoms with van der Waals surface area (Å²) >= 11 is 5.91. The lowest BCUT2D eigenvalue weighted by atomic mass is 10.3. The van der Waals surface area contributed by atoms with Gasteiger partial charge in [0.1, 0.15) is 5.52 Å². The van der Waals surface area contributed by atoms with Crippen molar-refractivity contribution in [3.05, 3.63) is 59.6 Å². The van der Waals surface area contributed by atoms with E-state index in [1.165, 1.54) is 25.4 Å². The molecule has 26 heavy (non-hydrogen) atoms. The van der Waals surface area contributed by atoms with Crippen molar-refractivity contribution in [2.24, 2.45) is 0 Å². The van der Waals surface area contributed by atoms with Crippen LogP contribution < -0.4 is 10.0 Å². The molecule has 0 amide bonds. The summed E-state index contributed by atoms with van der Waals surface area (Å²) in [5, 5.41) is 3.43. The number of benzene rings is 2. The molecule has 0 aliphatic carbocycles. The van der Waals surface area contributed by atoms with Crippen LogP contribution in [0.3, 0.4) is 0 Å². The van der Waals surface area contributed by atoms with Crippen LogP contribution in [0.5, 0.6) is 0 Å². The lowest BCUT2D eigenvalue weighted by Gasteiger charge is -2.05. The number of anilines is 1. The number of hydrogen-bond donors (Lipinski definition) is 2. The van der Waals surface area contributed by atoms with E-state index in [9.17, 15) is 13.2 Å². The predicted octanol–water partition coefficient (Wildman–Crippen LogP) is 3.04. The second kappa shape index (κ2) is 7.28. The summed E-state index contributed by atoms with van der Waals surface area (Å²) in [6, 6.07) is 11.0. The van der Waals surface area contributed by atoms with Gasteiger partial charge >= 0.3 is 0 Å². The molecule has 0 spiro atoms. The van der Waals surface area contributed by atoms with Gasteiger partial charge < -0.3 is 9.73 Å². The van der Waals surface area contributed by atoms with E-state index in [1.54, 1.807) is 30.3 Å². The van der Waals surface area contributed by atoms with Crippen LogP contribution in [0.4, 0.5) is 5.69 Å². The normalized spacial score (nSPS) is 12.3. The van der Waals surface area contributed by atoms with Gasteiger partial charge in [-0.05, 0) is 49.5 Å². The number of rotatable bonds is 6. The maximum Gasteiger partial charge on any atom is 0.240 e. The van der Waals surface area contributed by atoms with Crippen molar-refractivity contribution in [2.45, 2.75) is 4.90 Å². The molecule has 3 rings (SSSR count). The van der Waals surface area contributed by atoms with Gasteiger partial charge in [-0.25, -0.2) is 18.1 Å². The van der Waals surface area contributed by atoms with Crippen LogP contribution in [0.2, 0.25) is 5.02 Å². The van der Waals surface area contributed by atoms with Crippen molar-refractivity contribution in [3.63, 3.8) is 0 Å². The molecule has 0 bridgehead atoms. The van der Waals surface area contributed by atoms with Gasteiger partial charge in [0.2, 0.25) is 15.9 Å². The van der Waals surface area contributed by atoms with E-state index in [0.717, 1.165) is 0 Å². The zero-order valence-corrected chi connectivity index (χ0v) is 15.1. The Kier molecular flexibility index (Phi) is 5.08. The van der Waals surface area contributed by atoms with E-state index in [4.69, 9.17) is 16.0 Å². The number of sulfonamides is 1. The van der Waals surface area contributed by atoms with Gasteiger partial charge in [0.25, 0.3) is 0 Å². The van der Waals surface area contributed by atoms with Gasteiger partial charge in [0, 0.05) is 16.9 Å². The largest absolute Gasteiger partial charge is 0.436 e. The number of aromatic nitrogens is 1. The maximum atomic E-state index is 11.7. The molecular formula is C17H14ClN3O4S. The topological polar surface area (TPSA) is 101 Å². The third kappa shape index (κ3) is 3.77. The van der Waals surface area contributed by atoms with Crippen molar-refractivity contribution in [3.8, 4) is 0 Å². The predicted molar refractivity (Wildman–Crippen MR) is 99.4 cm³/mol. The molecule has 3 aromatic rings. The Bertz CT molecular complexity index is 1090. The van der Waals surface area contributed by atoms with E-state index < -0.39 is 10.0 Å². The molecule has 0 saturated heterocycles. The standard InChI is InChI=1S/C17H14ClN3O4S/c1-19-26(23,24)14-5-3-13(4-6-14)20-9-11(10-22)17-21-15-8-12(18)2-7-16(15)25-17/h2-10,19-20H,1H3/b11-9-. The van der Waals surface area contributed by atoms with E-state index in [2.05, 4.69) is 15.0 Å². The molecule has 0 aliphatic heterocycles. The van der Waals surface area contributed by atoms with Gasteiger partial charge in [0.05, 0.1) is 10.5 Å². The summed E-state index contributed by atoms with van der Waals surface area (Å²) in [7, 11) is -2.16. The molecule has 0 radical (unpaired) electrons. The first-order valence-corrected chi connectivity index (χ1v) is 9.31. The highest BCUT2D eigenvalue weighted by molar-refractivity contribution is 7.89. The molecule has 0 atom stereocenters. The fourth-order valence-corrected chi connectivity index (χ4v) is 3.08. The third-order valence-electron chi connectivity index (χ3n) is 3.55. The molecule has 1 aromatic heterocycles. The van der Waals surface area contributed by atoms with Crippen molar-refractivity contribution in [1.82, 2.24) is 9.71 Å². The first-order valence-electron chi connectivity index (χ1n) is 7.45. The number of fused-ring (bicyclic) bond motifs is 1. The molecule has 0 fully saturated rings. The van der Waals surface area contributed by atoms with Crippen LogP contribution in [0.25, 0.3) is 16.7 Å². The van der Waals surface area contributed by atoms with Crippen LogP contribution >= 0.6 is 11.6 Å². The number of halogens is 1. The third-order valence-corrected chi connectivity index (χ3v) is 5.22. The van der Waals surface area contributed by atoms with Crippen molar-refractivity contribution in [2.75, 3.05) is 12.4 Å². The summed E-state index contributed by atoms with van der Waals surface area (Å²) in [4.78, 5) is 15.7. The van der Waals surface area contributed by atoms with Crippen molar-refractivity contribution in [1.29, 1.82) is 0 Å². The lowest BCUT2D eigenvalue weighted by molar-refractivity contribution is -0.103. The zero-order chi connectivity index (χ0) is 18.7. The number of nitrogens with zero attached hydrogens (tertiary/aromatic N) is 1. The summed E-state index contributed by atoms with van der Waals surface area (Å²) in [5.74, 6) is 0.152. The summed E-state index contributed by atoms with van der Waals surface area (Å²) < 4.78 is 31.2. The Morgan fingerprint density at radius 3 is 2.58 bits per heavy atom. The SMILES string of the molecule is CNS(=O)(=O)c1ccc(N/C=C(/C=O)c2nc3cc(Cl)ccc3o2)cc1. The van der Waals surface area contributed by atoms with Crippen LogP contribution in [0.15, 0.2) is 58.0 Å². The highest BCUT2D eigenvalue weighted by atomic mass is 35.5. The Hall–Kier alpha value is -2.68. The van der Waals surface area contributed by atoms with E-state index in [-0.39, 0.29) is 16.4 Å². The molecule has 0 aliphatic rings. The first-order chi connectivity index (χ1) is 12.4. The van der Waals surface area contributed by atoms with E-state index in [1.807, 2.05) is 0 Å². The first kappa shape index (κ1) is 18.1. The Morgan fingerprint density at radius 2 is 1.92 bits per heavy atom. The summed E-state index contributed by atoms with van der Waals surface area (Å²) in [5.41, 5.74) is 1.85. The monoisotopic (exact) mass is 391 g/mol. The van der Waals surface area contributed by atoms with Crippen LogP contribution in [-0.4, -0.2) is 26.7 Å². The molecule has 9 heteroatoms. The smallest absolute Gasteiger partial charge is 0.240 e. The summed E-state index contributed by atoms with van der Waals surface area (Å²) in [6.07, 6.45) is 2.04. The minimum absolute atomic E-state index is 0.140. The van der Waals surface area contributed by atoms with Gasteiger partial charge in [0.15, 0.2) is 11.9 Å². The highest BCUT2D eigenvalue weighted by Gasteiger charge is 2.12. The number of hydrogen-bond acceptors (Lipinski definition) is 6. The molecular weight excluding hydrogens is 378 g/mol. The van der Waals surface area contributed by atoms with Gasteiger partial charge in [-0.15, -0.1) is 0 Å². The Labute approximate surface area is 154 Å². The minimum atomic E-state index is -3.50. The second-order valence-corrected chi connectivity index (χ2v) is 7.55. The number of carbonyl (C=O) groups is 1. The minimum Gasteiger partial charge on any atom is -0.436 e. The Balaban J connectivity index is 1.84. The number of allylic oxidation sites excluding steroid dienone is 1. The molecule has 0 saturated carbocycles. The second-order valence-electron chi connectivity index (χ2n) is 5.22. The quantitative estimate of drug-likeness (QED) is 0.494. The number of oxazole rings is 1. The molecule has 134 valence electrons. The van der Waals surface area contributed by atoms with Crippen molar-refractivity contribution >= 4 is 50.3 Å². The van der Waals surface area contributed by atoms with Gasteiger partial charge in [-0.2, -0.15) is 0 Å². The average molecular weight is 392 g/mol. The zero-order valence-electron chi connectivity index (χ0n) is 13.6. The van der Waals surface area contributed by atoms with Crippen LogP contribution in [-0.2, 0) is 14.8 Å². The summed E-state index contributed by atoms with van der Waals surface area (Å²) in [6.45, 7) is 0. The lowest BCUT2D eigenvalue weighted by Crippen LogP contribution is -2.18. The maximum absolute atomic E-state index is 11.7. The average Bonchev–Trinajstić information content (AvgIpc) is 3.05. The van der Waals surface area contributed by atoms with Crippen molar-refractivity contribution < 1.29 is 17.6 Å². The molecule has 7 nitrogen and oxygen atoms in total. The molecule has 2 aromatic carbocycles. The van der Waals surface area contributed by atoms with Crippen LogP contribution in [0.1, 0.15) is 5.89 Å². The molecule has 1 heterocycles. The Morgan fingerprint density at radius 1 is 1.19 bits per heavy atom.